The number of aliphatic hydroxyl groups excluding tert-OH is 1. The van der Waals surface area contributed by atoms with Crippen LogP contribution in [0.5, 0.6) is 0 Å². The standard InChI is InChI=1S/C20H21N3O5S/c1-12(11-24)22-20(26)28-14-4-6-15-16(10-21)19(29-17(15)9-14)23-18(25)7-5-13-3-2-8-27-13/h2-3,5,7-8,12,14,24H,4,6,9,11H2,1H3,(H,22,26)(H,23,25)/b7-5+. The number of alkyl carbamates (subject to hydrolysis) is 1. The molecule has 2 aromatic rings. The van der Waals surface area contributed by atoms with E-state index in [1.165, 1.54) is 23.7 Å². The third-order valence-corrected chi connectivity index (χ3v) is 5.59. The van der Waals surface area contributed by atoms with Gasteiger partial charge < -0.3 is 24.9 Å². The predicted octanol–water partition coefficient (Wildman–Crippen LogP) is 2.83. The molecular weight excluding hydrogens is 394 g/mol. The fourth-order valence-corrected chi connectivity index (χ4v) is 4.26. The molecule has 3 rings (SSSR count). The molecule has 2 unspecified atom stereocenters. The van der Waals surface area contributed by atoms with Crippen molar-refractivity contribution in [1.29, 1.82) is 5.26 Å². The molecule has 2 amide bonds. The van der Waals surface area contributed by atoms with Crippen LogP contribution < -0.4 is 10.6 Å². The zero-order chi connectivity index (χ0) is 20.8. The molecule has 0 aliphatic heterocycles. The van der Waals surface area contributed by atoms with Crippen LogP contribution in [0.3, 0.4) is 0 Å². The molecule has 1 aliphatic rings. The van der Waals surface area contributed by atoms with Crippen LogP contribution in [0.15, 0.2) is 28.9 Å². The second kappa shape index (κ2) is 9.41. The zero-order valence-corrected chi connectivity index (χ0v) is 16.6. The Labute approximate surface area is 171 Å². The lowest BCUT2D eigenvalue weighted by Crippen LogP contribution is -2.38. The fraction of sp³-hybridized carbons (Fsp3) is 0.350. The Hall–Kier alpha value is -3.09. The number of nitriles is 1. The summed E-state index contributed by atoms with van der Waals surface area (Å²) >= 11 is 1.32. The molecule has 2 atom stereocenters. The van der Waals surface area contributed by atoms with E-state index in [-0.39, 0.29) is 24.7 Å². The maximum absolute atomic E-state index is 12.2. The van der Waals surface area contributed by atoms with Gasteiger partial charge in [0.2, 0.25) is 5.91 Å². The molecule has 3 N–H and O–H groups in total. The SMILES string of the molecule is CC(CO)NC(=O)OC1CCc2c(sc(NC(=O)/C=C/c3ccco3)c2C#N)C1. The summed E-state index contributed by atoms with van der Waals surface area (Å²) in [6.45, 7) is 1.51. The number of carbonyl (C=O) groups is 2. The Bertz CT molecular complexity index is 942. The van der Waals surface area contributed by atoms with Gasteiger partial charge in [0.15, 0.2) is 0 Å². The number of aliphatic hydroxyl groups is 1. The normalized spacial score (nSPS) is 16.7. The van der Waals surface area contributed by atoms with E-state index in [4.69, 9.17) is 14.3 Å². The summed E-state index contributed by atoms with van der Waals surface area (Å²) in [6, 6.07) is 5.24. The molecule has 0 radical (unpaired) electrons. The van der Waals surface area contributed by atoms with E-state index in [1.807, 2.05) is 0 Å². The van der Waals surface area contributed by atoms with Crippen molar-refractivity contribution in [3.8, 4) is 6.07 Å². The van der Waals surface area contributed by atoms with Crippen LogP contribution in [0.1, 0.15) is 35.1 Å². The summed E-state index contributed by atoms with van der Waals surface area (Å²) in [5.74, 6) is 0.196. The molecule has 0 saturated heterocycles. The van der Waals surface area contributed by atoms with Crippen LogP contribution >= 0.6 is 11.3 Å². The van der Waals surface area contributed by atoms with Crippen LogP contribution in [0, 0.1) is 11.3 Å². The number of fused-ring (bicyclic) bond motifs is 1. The molecule has 2 heterocycles. The van der Waals surface area contributed by atoms with E-state index in [2.05, 4.69) is 16.7 Å². The summed E-state index contributed by atoms with van der Waals surface area (Å²) in [5, 5.41) is 24.3. The number of hydrogen-bond acceptors (Lipinski definition) is 7. The molecule has 152 valence electrons. The van der Waals surface area contributed by atoms with E-state index in [1.54, 1.807) is 25.1 Å². The number of nitrogens with zero attached hydrogens (tertiary/aromatic N) is 1. The Morgan fingerprint density at radius 1 is 1.55 bits per heavy atom. The molecule has 8 nitrogen and oxygen atoms in total. The molecular formula is C20H21N3O5S. The van der Waals surface area contributed by atoms with Crippen LogP contribution in [0.2, 0.25) is 0 Å². The van der Waals surface area contributed by atoms with Crippen molar-refractivity contribution >= 4 is 34.4 Å². The summed E-state index contributed by atoms with van der Waals surface area (Å²) < 4.78 is 10.6. The highest BCUT2D eigenvalue weighted by atomic mass is 32.1. The minimum Gasteiger partial charge on any atom is -0.465 e. The number of nitrogens with one attached hydrogen (secondary N) is 2. The van der Waals surface area contributed by atoms with Gasteiger partial charge in [0.05, 0.1) is 24.5 Å². The molecule has 0 bridgehead atoms. The number of furan rings is 1. The van der Waals surface area contributed by atoms with Crippen molar-refractivity contribution in [2.45, 2.75) is 38.3 Å². The van der Waals surface area contributed by atoms with Crippen molar-refractivity contribution in [3.05, 3.63) is 46.2 Å². The van der Waals surface area contributed by atoms with Crippen LogP contribution in [-0.2, 0) is 22.4 Å². The molecule has 9 heteroatoms. The first kappa shape index (κ1) is 20.6. The quantitative estimate of drug-likeness (QED) is 0.623. The van der Waals surface area contributed by atoms with Gasteiger partial charge in [-0.3, -0.25) is 4.79 Å². The first-order chi connectivity index (χ1) is 14.0. The molecule has 0 aromatic carbocycles. The summed E-state index contributed by atoms with van der Waals surface area (Å²) in [6.07, 6.45) is 5.16. The maximum atomic E-state index is 12.2. The first-order valence-electron chi connectivity index (χ1n) is 9.15. The van der Waals surface area contributed by atoms with Crippen LogP contribution in [0.4, 0.5) is 9.80 Å². The third kappa shape index (κ3) is 5.25. The number of ether oxygens (including phenoxy) is 1. The molecule has 0 spiro atoms. The lowest BCUT2D eigenvalue weighted by Gasteiger charge is -2.23. The number of anilines is 1. The van der Waals surface area contributed by atoms with Gasteiger partial charge in [-0.25, -0.2) is 4.79 Å². The molecule has 0 fully saturated rings. The van der Waals surface area contributed by atoms with Crippen molar-refractivity contribution in [1.82, 2.24) is 5.32 Å². The van der Waals surface area contributed by atoms with Gasteiger partial charge in [-0.1, -0.05) is 0 Å². The lowest BCUT2D eigenvalue weighted by molar-refractivity contribution is -0.111. The molecule has 0 saturated carbocycles. The maximum Gasteiger partial charge on any atom is 0.407 e. The van der Waals surface area contributed by atoms with Gasteiger partial charge in [-0.15, -0.1) is 11.3 Å². The highest BCUT2D eigenvalue weighted by Gasteiger charge is 2.28. The van der Waals surface area contributed by atoms with Gasteiger partial charge in [-0.2, -0.15) is 5.26 Å². The van der Waals surface area contributed by atoms with Gasteiger partial charge in [0.1, 0.15) is 22.9 Å². The van der Waals surface area contributed by atoms with E-state index < -0.39 is 6.09 Å². The number of rotatable bonds is 6. The highest BCUT2D eigenvalue weighted by molar-refractivity contribution is 7.16. The van der Waals surface area contributed by atoms with E-state index in [0.29, 0.717) is 35.6 Å². The summed E-state index contributed by atoms with van der Waals surface area (Å²) in [7, 11) is 0. The average molecular weight is 415 g/mol. The van der Waals surface area contributed by atoms with Crippen LogP contribution in [-0.4, -0.2) is 35.9 Å². The Balaban J connectivity index is 1.65. The molecule has 29 heavy (non-hydrogen) atoms. The topological polar surface area (TPSA) is 125 Å². The fourth-order valence-electron chi connectivity index (χ4n) is 2.99. The van der Waals surface area contributed by atoms with Crippen molar-refractivity contribution in [2.24, 2.45) is 0 Å². The number of hydrogen-bond donors (Lipinski definition) is 3. The minimum absolute atomic E-state index is 0.169. The highest BCUT2D eigenvalue weighted by Crippen LogP contribution is 2.38. The Morgan fingerprint density at radius 3 is 3.07 bits per heavy atom. The average Bonchev–Trinajstić information content (AvgIpc) is 3.32. The van der Waals surface area contributed by atoms with Crippen molar-refractivity contribution < 1.29 is 23.8 Å². The van der Waals surface area contributed by atoms with E-state index in [9.17, 15) is 14.9 Å². The summed E-state index contributed by atoms with van der Waals surface area (Å²) in [4.78, 5) is 25.0. The Morgan fingerprint density at radius 2 is 2.38 bits per heavy atom. The van der Waals surface area contributed by atoms with Gasteiger partial charge in [-0.05, 0) is 43.5 Å². The monoisotopic (exact) mass is 415 g/mol. The van der Waals surface area contributed by atoms with Gasteiger partial charge in [0, 0.05) is 17.4 Å². The summed E-state index contributed by atoms with van der Waals surface area (Å²) in [5.41, 5.74) is 1.35. The van der Waals surface area contributed by atoms with Gasteiger partial charge >= 0.3 is 6.09 Å². The van der Waals surface area contributed by atoms with E-state index in [0.717, 1.165) is 10.4 Å². The largest absolute Gasteiger partial charge is 0.465 e. The lowest BCUT2D eigenvalue weighted by atomic mass is 9.94. The number of thiophene rings is 1. The third-order valence-electron chi connectivity index (χ3n) is 4.42. The number of carbonyl (C=O) groups excluding carboxylic acids is 2. The predicted molar refractivity (Wildman–Crippen MR) is 107 cm³/mol. The second-order valence-electron chi connectivity index (χ2n) is 6.66. The number of amides is 2. The zero-order valence-electron chi connectivity index (χ0n) is 15.8. The second-order valence-corrected chi connectivity index (χ2v) is 7.76. The van der Waals surface area contributed by atoms with E-state index >= 15 is 0 Å². The smallest absolute Gasteiger partial charge is 0.407 e. The molecule has 1 aliphatic carbocycles. The van der Waals surface area contributed by atoms with Gasteiger partial charge in [0.25, 0.3) is 0 Å². The first-order valence-corrected chi connectivity index (χ1v) is 9.97. The molecule has 2 aromatic heterocycles. The van der Waals surface area contributed by atoms with Crippen LogP contribution in [0.25, 0.3) is 6.08 Å². The van der Waals surface area contributed by atoms with Crippen molar-refractivity contribution in [2.75, 3.05) is 11.9 Å². The van der Waals surface area contributed by atoms with Crippen molar-refractivity contribution in [3.63, 3.8) is 0 Å². The minimum atomic E-state index is -0.575. The Kier molecular flexibility index (Phi) is 6.69.